The van der Waals surface area contributed by atoms with Crippen LogP contribution in [0.4, 0.5) is 5.82 Å². The summed E-state index contributed by atoms with van der Waals surface area (Å²) >= 11 is 0. The molecule has 3 aromatic rings. The van der Waals surface area contributed by atoms with Gasteiger partial charge in [0.2, 0.25) is 0 Å². The van der Waals surface area contributed by atoms with Crippen molar-refractivity contribution in [2.24, 2.45) is 0 Å². The van der Waals surface area contributed by atoms with Gasteiger partial charge in [-0.2, -0.15) is 0 Å². The minimum Gasteiger partial charge on any atom is -0.384 e. The zero-order valence-electron chi connectivity index (χ0n) is 8.40. The lowest BCUT2D eigenvalue weighted by Gasteiger charge is -1.90. The van der Waals surface area contributed by atoms with E-state index in [0.29, 0.717) is 11.0 Å². The van der Waals surface area contributed by atoms with Gasteiger partial charge in [0.1, 0.15) is 11.5 Å². The van der Waals surface area contributed by atoms with Gasteiger partial charge >= 0.3 is 0 Å². The smallest absolute Gasteiger partial charge is 0.193 e. The van der Waals surface area contributed by atoms with E-state index in [0.717, 1.165) is 10.9 Å². The average molecular weight is 211 g/mol. The van der Waals surface area contributed by atoms with E-state index in [4.69, 9.17) is 5.73 Å². The van der Waals surface area contributed by atoms with Crippen molar-refractivity contribution >= 4 is 27.8 Å². The summed E-state index contributed by atoms with van der Waals surface area (Å²) in [6, 6.07) is 10.9. The normalized spacial score (nSPS) is 11.0. The molecule has 0 spiro atoms. The Morgan fingerprint density at radius 1 is 1.19 bits per heavy atom. The van der Waals surface area contributed by atoms with E-state index in [1.54, 1.807) is 0 Å². The van der Waals surface area contributed by atoms with E-state index >= 15 is 0 Å². The predicted octanol–water partition coefficient (Wildman–Crippen LogP) is 1.66. The number of anilines is 1. The van der Waals surface area contributed by atoms with Crippen molar-refractivity contribution < 1.29 is 0 Å². The maximum Gasteiger partial charge on any atom is 0.193 e. The van der Waals surface area contributed by atoms with Crippen molar-refractivity contribution in [3.63, 3.8) is 0 Å². The number of pyridine rings is 1. The quantitative estimate of drug-likeness (QED) is 0.594. The van der Waals surface area contributed by atoms with E-state index in [2.05, 4.69) is 9.97 Å². The summed E-state index contributed by atoms with van der Waals surface area (Å²) in [4.78, 5) is 19.0. The molecule has 4 heteroatoms. The molecule has 16 heavy (non-hydrogen) atoms. The SMILES string of the molecule is Nc1cc(=O)c2c(n1)[nH]c1cccccc12. The Balaban J connectivity index is 2.66. The number of nitrogen functional groups attached to an aromatic ring is 1. The molecule has 0 aliphatic rings. The second-order valence-corrected chi connectivity index (χ2v) is 3.63. The van der Waals surface area contributed by atoms with Crippen LogP contribution in [0.1, 0.15) is 0 Å². The second kappa shape index (κ2) is 3.06. The molecule has 2 aromatic heterocycles. The first-order chi connectivity index (χ1) is 7.75. The highest BCUT2D eigenvalue weighted by Crippen LogP contribution is 2.20. The van der Waals surface area contributed by atoms with Crippen LogP contribution in [0.15, 0.2) is 41.2 Å². The third-order valence-corrected chi connectivity index (χ3v) is 2.56. The van der Waals surface area contributed by atoms with Gasteiger partial charge in [0.05, 0.1) is 5.39 Å². The van der Waals surface area contributed by atoms with Crippen LogP contribution >= 0.6 is 0 Å². The molecule has 78 valence electrons. The van der Waals surface area contributed by atoms with Crippen LogP contribution in [0.5, 0.6) is 0 Å². The van der Waals surface area contributed by atoms with Crippen LogP contribution in [0.2, 0.25) is 0 Å². The van der Waals surface area contributed by atoms with Crippen LogP contribution in [-0.4, -0.2) is 9.97 Å². The molecule has 0 saturated carbocycles. The van der Waals surface area contributed by atoms with E-state index in [-0.39, 0.29) is 11.2 Å². The summed E-state index contributed by atoms with van der Waals surface area (Å²) in [5.74, 6) is 0.244. The van der Waals surface area contributed by atoms with E-state index in [9.17, 15) is 4.79 Å². The minimum absolute atomic E-state index is 0.0973. The Labute approximate surface area is 90.7 Å². The average Bonchev–Trinajstić information content (AvgIpc) is 2.42. The first-order valence-electron chi connectivity index (χ1n) is 4.93. The van der Waals surface area contributed by atoms with Crippen molar-refractivity contribution in [1.82, 2.24) is 9.97 Å². The molecule has 0 fully saturated rings. The zero-order valence-corrected chi connectivity index (χ0v) is 8.40. The van der Waals surface area contributed by atoms with Crippen molar-refractivity contribution in [1.29, 1.82) is 0 Å². The molecule has 0 unspecified atom stereocenters. The fourth-order valence-corrected chi connectivity index (χ4v) is 1.89. The van der Waals surface area contributed by atoms with Crippen molar-refractivity contribution in [3.05, 3.63) is 46.6 Å². The lowest BCUT2D eigenvalue weighted by atomic mass is 10.2. The Bertz CT molecular complexity index is 746. The van der Waals surface area contributed by atoms with E-state index in [1.165, 1.54) is 6.07 Å². The van der Waals surface area contributed by atoms with Gasteiger partial charge < -0.3 is 10.7 Å². The maximum absolute atomic E-state index is 11.8. The second-order valence-electron chi connectivity index (χ2n) is 3.63. The maximum atomic E-state index is 11.8. The fourth-order valence-electron chi connectivity index (χ4n) is 1.89. The molecule has 0 saturated heterocycles. The first kappa shape index (κ1) is 8.91. The molecule has 2 heterocycles. The fraction of sp³-hybridized carbons (Fsp3) is 0. The number of fused-ring (bicyclic) bond motifs is 3. The lowest BCUT2D eigenvalue weighted by molar-refractivity contribution is 1.34. The molecule has 0 atom stereocenters. The number of hydrogen-bond donors (Lipinski definition) is 2. The summed E-state index contributed by atoms with van der Waals surface area (Å²) in [6.45, 7) is 0. The van der Waals surface area contributed by atoms with Gasteiger partial charge in [-0.25, -0.2) is 4.98 Å². The van der Waals surface area contributed by atoms with Gasteiger partial charge in [0, 0.05) is 17.0 Å². The van der Waals surface area contributed by atoms with Crippen LogP contribution in [-0.2, 0) is 0 Å². The highest BCUT2D eigenvalue weighted by atomic mass is 16.1. The Hall–Kier alpha value is -2.36. The van der Waals surface area contributed by atoms with Crippen LogP contribution in [0.3, 0.4) is 0 Å². The first-order valence-corrected chi connectivity index (χ1v) is 4.93. The van der Waals surface area contributed by atoms with Crippen molar-refractivity contribution in [2.45, 2.75) is 0 Å². The van der Waals surface area contributed by atoms with Crippen LogP contribution < -0.4 is 11.2 Å². The molecule has 0 bridgehead atoms. The standard InChI is InChI=1S/C12H9N3O/c13-10-6-9(16)11-7-4-2-1-3-5-8(7)14-12(11)15-10/h1-6H,(H3,13,14,15,16). The molecule has 3 rings (SSSR count). The van der Waals surface area contributed by atoms with Gasteiger partial charge in [-0.15, -0.1) is 0 Å². The topological polar surface area (TPSA) is 71.8 Å². The summed E-state index contributed by atoms with van der Waals surface area (Å²) < 4.78 is 0. The largest absolute Gasteiger partial charge is 0.384 e. The zero-order chi connectivity index (χ0) is 11.1. The van der Waals surface area contributed by atoms with Crippen LogP contribution in [0.25, 0.3) is 21.9 Å². The van der Waals surface area contributed by atoms with Crippen molar-refractivity contribution in [2.75, 3.05) is 5.73 Å². The number of nitrogens with one attached hydrogen (secondary N) is 1. The number of aromatic amines is 1. The Morgan fingerprint density at radius 2 is 2.00 bits per heavy atom. The highest BCUT2D eigenvalue weighted by Gasteiger charge is 2.08. The molecule has 1 aromatic carbocycles. The number of rotatable bonds is 0. The lowest BCUT2D eigenvalue weighted by Crippen LogP contribution is -2.03. The third kappa shape index (κ3) is 1.16. The summed E-state index contributed by atoms with van der Waals surface area (Å²) in [7, 11) is 0. The summed E-state index contributed by atoms with van der Waals surface area (Å²) in [5.41, 5.74) is 6.87. The number of H-pyrrole nitrogens is 1. The summed E-state index contributed by atoms with van der Waals surface area (Å²) in [5, 5.41) is 1.47. The van der Waals surface area contributed by atoms with E-state index < -0.39 is 0 Å². The molecule has 4 nitrogen and oxygen atoms in total. The van der Waals surface area contributed by atoms with Crippen molar-refractivity contribution in [3.8, 4) is 0 Å². The molecule has 0 aliphatic heterocycles. The molecular weight excluding hydrogens is 202 g/mol. The van der Waals surface area contributed by atoms with Gasteiger partial charge in [-0.1, -0.05) is 24.3 Å². The predicted molar refractivity (Wildman–Crippen MR) is 64.3 cm³/mol. The molecule has 0 aliphatic carbocycles. The third-order valence-electron chi connectivity index (χ3n) is 2.56. The molecule has 3 N–H and O–H groups in total. The molecular formula is C12H9N3O. The van der Waals surface area contributed by atoms with Gasteiger partial charge in [0.15, 0.2) is 5.43 Å². The number of nitrogens with two attached hydrogens (primary N) is 1. The van der Waals surface area contributed by atoms with E-state index in [1.807, 2.05) is 30.3 Å². The van der Waals surface area contributed by atoms with Gasteiger partial charge in [-0.3, -0.25) is 4.79 Å². The Morgan fingerprint density at radius 3 is 2.88 bits per heavy atom. The minimum atomic E-state index is -0.0973. The molecule has 0 radical (unpaired) electrons. The van der Waals surface area contributed by atoms with Gasteiger partial charge in [0.25, 0.3) is 0 Å². The number of hydrogen-bond acceptors (Lipinski definition) is 3. The summed E-state index contributed by atoms with van der Waals surface area (Å²) in [6.07, 6.45) is 0. The van der Waals surface area contributed by atoms with Crippen LogP contribution in [0, 0.1) is 0 Å². The highest BCUT2D eigenvalue weighted by molar-refractivity contribution is 6.05. The molecule has 0 amide bonds. The van der Waals surface area contributed by atoms with Gasteiger partial charge in [-0.05, 0) is 6.07 Å². The number of aromatic nitrogens is 2. The monoisotopic (exact) mass is 211 g/mol. The number of nitrogens with zero attached hydrogens (tertiary/aromatic N) is 1. The Kier molecular flexibility index (Phi) is 1.71.